The fourth-order valence-electron chi connectivity index (χ4n) is 2.42. The Morgan fingerprint density at radius 2 is 1.59 bits per heavy atom. The summed E-state index contributed by atoms with van der Waals surface area (Å²) in [5.74, 6) is -0.0406. The predicted molar refractivity (Wildman–Crippen MR) is 91.8 cm³/mol. The van der Waals surface area contributed by atoms with Gasteiger partial charge in [-0.1, -0.05) is 26.2 Å². The Hall–Kier alpha value is -2.25. The lowest BCUT2D eigenvalue weighted by atomic mass is 10.1. The van der Waals surface area contributed by atoms with E-state index in [-0.39, 0.29) is 0 Å². The van der Waals surface area contributed by atoms with Crippen LogP contribution in [-0.2, 0) is 6.42 Å². The average molecular weight is 388 g/mol. The van der Waals surface area contributed by atoms with Crippen molar-refractivity contribution in [2.75, 3.05) is 0 Å². The maximum absolute atomic E-state index is 13.3. The third kappa shape index (κ3) is 6.15. The lowest BCUT2D eigenvalue weighted by molar-refractivity contribution is -0.244. The molecule has 0 N–H and O–H groups in total. The van der Waals surface area contributed by atoms with E-state index < -0.39 is 24.5 Å². The van der Waals surface area contributed by atoms with Crippen LogP contribution < -0.4 is 4.74 Å². The SMILES string of the molecule is CCCCCCc1cnc(-c2ccc(OC(F)(F)C(F)C(F)F)cc2)nc1. The number of halogens is 5. The Balaban J connectivity index is 1.98. The molecule has 2 aromatic rings. The van der Waals surface area contributed by atoms with Crippen molar-refractivity contribution in [3.63, 3.8) is 0 Å². The molecule has 0 saturated carbocycles. The van der Waals surface area contributed by atoms with Gasteiger partial charge in [0.25, 0.3) is 12.6 Å². The first-order valence-corrected chi connectivity index (χ1v) is 8.74. The molecule has 8 heteroatoms. The van der Waals surface area contributed by atoms with Gasteiger partial charge in [-0.15, -0.1) is 0 Å². The van der Waals surface area contributed by atoms with Crippen LogP contribution in [-0.4, -0.2) is 28.7 Å². The number of ether oxygens (including phenoxy) is 1. The van der Waals surface area contributed by atoms with Crippen molar-refractivity contribution >= 4 is 0 Å². The van der Waals surface area contributed by atoms with Crippen molar-refractivity contribution in [2.45, 2.75) is 57.7 Å². The Kier molecular flexibility index (Phi) is 7.50. The number of hydrogen-bond donors (Lipinski definition) is 0. The molecule has 1 aromatic heterocycles. The van der Waals surface area contributed by atoms with E-state index in [2.05, 4.69) is 21.6 Å². The smallest absolute Gasteiger partial charge is 0.430 e. The van der Waals surface area contributed by atoms with Crippen LogP contribution in [0.1, 0.15) is 38.2 Å². The first-order valence-electron chi connectivity index (χ1n) is 8.74. The van der Waals surface area contributed by atoms with Crippen LogP contribution in [0.25, 0.3) is 11.4 Å². The van der Waals surface area contributed by atoms with Crippen molar-refractivity contribution in [1.82, 2.24) is 9.97 Å². The first-order chi connectivity index (χ1) is 12.8. The van der Waals surface area contributed by atoms with E-state index in [1.54, 1.807) is 12.4 Å². The largest absolute Gasteiger partial charge is 0.435 e. The molecule has 0 saturated heterocycles. The zero-order valence-electron chi connectivity index (χ0n) is 14.8. The molecule has 1 aromatic carbocycles. The molecule has 0 aliphatic heterocycles. The van der Waals surface area contributed by atoms with E-state index in [0.717, 1.165) is 43.4 Å². The summed E-state index contributed by atoms with van der Waals surface area (Å²) in [4.78, 5) is 8.49. The van der Waals surface area contributed by atoms with Crippen LogP contribution in [0, 0.1) is 0 Å². The molecule has 0 aliphatic rings. The maximum Gasteiger partial charge on any atom is 0.435 e. The third-order valence-electron chi connectivity index (χ3n) is 3.93. The molecule has 148 valence electrons. The van der Waals surface area contributed by atoms with Gasteiger partial charge in [0.2, 0.25) is 0 Å². The van der Waals surface area contributed by atoms with Gasteiger partial charge in [0.1, 0.15) is 5.75 Å². The third-order valence-corrected chi connectivity index (χ3v) is 3.93. The quantitative estimate of drug-likeness (QED) is 0.379. The molecular formula is C19H21F5N2O. The monoisotopic (exact) mass is 388 g/mol. The molecule has 0 spiro atoms. The van der Waals surface area contributed by atoms with Gasteiger partial charge in [-0.2, -0.15) is 8.78 Å². The van der Waals surface area contributed by atoms with Gasteiger partial charge in [-0.3, -0.25) is 0 Å². The molecule has 1 unspecified atom stereocenters. The summed E-state index contributed by atoms with van der Waals surface area (Å²) in [5, 5.41) is 0. The Bertz CT molecular complexity index is 692. The van der Waals surface area contributed by atoms with Crippen LogP contribution in [0.15, 0.2) is 36.7 Å². The number of hydrogen-bond acceptors (Lipinski definition) is 3. The van der Waals surface area contributed by atoms with E-state index in [1.807, 2.05) is 0 Å². The van der Waals surface area contributed by atoms with Gasteiger partial charge in [0.05, 0.1) is 0 Å². The lowest BCUT2D eigenvalue weighted by Gasteiger charge is -2.20. The van der Waals surface area contributed by atoms with Gasteiger partial charge in [0, 0.05) is 18.0 Å². The summed E-state index contributed by atoms with van der Waals surface area (Å²) in [7, 11) is 0. The minimum Gasteiger partial charge on any atom is -0.430 e. The van der Waals surface area contributed by atoms with Gasteiger partial charge in [0.15, 0.2) is 5.82 Å². The van der Waals surface area contributed by atoms with Crippen molar-refractivity contribution in [1.29, 1.82) is 0 Å². The van der Waals surface area contributed by atoms with Crippen molar-refractivity contribution in [3.05, 3.63) is 42.2 Å². The fourth-order valence-corrected chi connectivity index (χ4v) is 2.42. The molecule has 3 nitrogen and oxygen atoms in total. The number of aromatic nitrogens is 2. The number of aryl methyl sites for hydroxylation is 1. The Labute approximate surface area is 154 Å². The summed E-state index contributed by atoms with van der Waals surface area (Å²) in [6, 6.07) is 5.06. The minimum absolute atomic E-state index is 0.390. The van der Waals surface area contributed by atoms with E-state index in [4.69, 9.17) is 0 Å². The summed E-state index contributed by atoms with van der Waals surface area (Å²) in [5.41, 5.74) is 1.55. The van der Waals surface area contributed by atoms with E-state index in [0.29, 0.717) is 11.4 Å². The molecule has 0 aliphatic carbocycles. The van der Waals surface area contributed by atoms with Crippen LogP contribution in [0.2, 0.25) is 0 Å². The Morgan fingerprint density at radius 3 is 2.15 bits per heavy atom. The first kappa shape index (κ1) is 21.1. The zero-order chi connectivity index (χ0) is 19.9. The lowest BCUT2D eigenvalue weighted by Crippen LogP contribution is -2.40. The minimum atomic E-state index is -4.62. The van der Waals surface area contributed by atoms with Crippen molar-refractivity contribution in [2.24, 2.45) is 0 Å². The molecule has 1 heterocycles. The van der Waals surface area contributed by atoms with E-state index in [9.17, 15) is 22.0 Å². The highest BCUT2D eigenvalue weighted by molar-refractivity contribution is 5.55. The zero-order valence-corrected chi connectivity index (χ0v) is 14.8. The molecule has 1 atom stereocenters. The van der Waals surface area contributed by atoms with Gasteiger partial charge >= 0.3 is 6.11 Å². The second kappa shape index (κ2) is 9.62. The standard InChI is InChI=1S/C19H21F5N2O/c1-2-3-4-5-6-13-11-25-18(26-12-13)14-7-9-15(10-8-14)27-19(23,24)16(20)17(21)22/h7-12,16-17H,2-6H2,1H3. The fraction of sp³-hybridized carbons (Fsp3) is 0.474. The van der Waals surface area contributed by atoms with Crippen LogP contribution >= 0.6 is 0 Å². The van der Waals surface area contributed by atoms with Crippen LogP contribution in [0.4, 0.5) is 22.0 Å². The topological polar surface area (TPSA) is 35.0 Å². The van der Waals surface area contributed by atoms with Crippen molar-refractivity contribution < 1.29 is 26.7 Å². The number of nitrogens with zero attached hydrogens (tertiary/aromatic N) is 2. The Morgan fingerprint density at radius 1 is 0.963 bits per heavy atom. The van der Waals surface area contributed by atoms with Gasteiger partial charge in [-0.25, -0.2) is 23.1 Å². The number of rotatable bonds is 10. The summed E-state index contributed by atoms with van der Waals surface area (Å²) in [6.45, 7) is 2.14. The maximum atomic E-state index is 13.3. The number of benzene rings is 1. The van der Waals surface area contributed by atoms with Crippen molar-refractivity contribution in [3.8, 4) is 17.1 Å². The highest BCUT2D eigenvalue weighted by atomic mass is 19.3. The molecule has 2 rings (SSSR count). The highest BCUT2D eigenvalue weighted by Gasteiger charge is 2.49. The van der Waals surface area contributed by atoms with Gasteiger partial charge in [-0.05, 0) is 42.7 Å². The molecule has 0 radical (unpaired) electrons. The summed E-state index contributed by atoms with van der Waals surface area (Å²) >= 11 is 0. The van der Waals surface area contributed by atoms with Gasteiger partial charge < -0.3 is 4.74 Å². The number of unbranched alkanes of at least 4 members (excludes halogenated alkanes) is 3. The van der Waals surface area contributed by atoms with E-state index in [1.165, 1.54) is 18.6 Å². The molecular weight excluding hydrogens is 367 g/mol. The second-order valence-electron chi connectivity index (χ2n) is 6.15. The molecule has 0 bridgehead atoms. The molecule has 0 fully saturated rings. The average Bonchev–Trinajstić information content (AvgIpc) is 2.65. The predicted octanol–water partition coefficient (Wildman–Crippen LogP) is 5.84. The second-order valence-corrected chi connectivity index (χ2v) is 6.15. The number of alkyl halides is 5. The molecule has 27 heavy (non-hydrogen) atoms. The normalized spacial score (nSPS) is 13.0. The van der Waals surface area contributed by atoms with Crippen LogP contribution in [0.5, 0.6) is 5.75 Å². The highest BCUT2D eigenvalue weighted by Crippen LogP contribution is 2.30. The summed E-state index contributed by atoms with van der Waals surface area (Å²) in [6.07, 6.45) is -3.30. The summed E-state index contributed by atoms with van der Waals surface area (Å²) < 4.78 is 67.7. The van der Waals surface area contributed by atoms with E-state index >= 15 is 0 Å². The van der Waals surface area contributed by atoms with Crippen LogP contribution in [0.3, 0.4) is 0 Å². The molecule has 0 amide bonds.